The van der Waals surface area contributed by atoms with Crippen LogP contribution < -0.4 is 10.1 Å². The summed E-state index contributed by atoms with van der Waals surface area (Å²) >= 11 is 17.8. The van der Waals surface area contributed by atoms with Gasteiger partial charge >= 0.3 is 0 Å². The molecule has 7 heteroatoms. The third-order valence-electron chi connectivity index (χ3n) is 2.23. The van der Waals surface area contributed by atoms with Crippen molar-refractivity contribution in [3.63, 3.8) is 0 Å². The first-order valence-electron chi connectivity index (χ1n) is 5.18. The molecule has 100 valence electrons. The van der Waals surface area contributed by atoms with E-state index in [0.29, 0.717) is 10.8 Å². The van der Waals surface area contributed by atoms with Crippen LogP contribution >= 0.6 is 34.8 Å². The second kappa shape index (κ2) is 5.82. The van der Waals surface area contributed by atoms with E-state index in [1.807, 2.05) is 0 Å². The number of benzene rings is 1. The Labute approximate surface area is 124 Å². The first-order chi connectivity index (χ1) is 9.01. The molecule has 0 atom stereocenters. The van der Waals surface area contributed by atoms with Gasteiger partial charge < -0.3 is 10.1 Å². The lowest BCUT2D eigenvalue weighted by atomic mass is 10.3. The number of nitrogens with one attached hydrogen (secondary N) is 1. The lowest BCUT2D eigenvalue weighted by Gasteiger charge is -2.10. The zero-order chi connectivity index (χ0) is 14.0. The standard InChI is InChI=1S/C12H8Cl3FN2O/c1-17-11-8(14)5-9(15)12(18-11)19-10-3-2-6(16)4-7(10)13/h2-5H,1H3,(H,17,18). The zero-order valence-corrected chi connectivity index (χ0v) is 11.9. The van der Waals surface area contributed by atoms with E-state index < -0.39 is 5.82 Å². The minimum atomic E-state index is -0.455. The number of halogens is 4. The molecule has 0 fully saturated rings. The molecular formula is C12H8Cl3FN2O. The maximum Gasteiger partial charge on any atom is 0.240 e. The molecule has 0 amide bonds. The summed E-state index contributed by atoms with van der Waals surface area (Å²) in [6, 6.07) is 5.25. The number of aromatic nitrogens is 1. The molecule has 2 aromatic rings. The van der Waals surface area contributed by atoms with E-state index in [1.54, 1.807) is 7.05 Å². The lowest BCUT2D eigenvalue weighted by Crippen LogP contribution is -1.97. The van der Waals surface area contributed by atoms with Crippen LogP contribution in [-0.4, -0.2) is 12.0 Å². The molecule has 0 saturated carbocycles. The van der Waals surface area contributed by atoms with Gasteiger partial charge in [0.15, 0.2) is 0 Å². The van der Waals surface area contributed by atoms with Gasteiger partial charge in [0.2, 0.25) is 5.88 Å². The highest BCUT2D eigenvalue weighted by atomic mass is 35.5. The Balaban J connectivity index is 2.37. The Morgan fingerprint density at radius 3 is 2.47 bits per heavy atom. The van der Waals surface area contributed by atoms with Gasteiger partial charge in [0.25, 0.3) is 0 Å². The third kappa shape index (κ3) is 3.21. The van der Waals surface area contributed by atoms with Gasteiger partial charge in [-0.3, -0.25) is 0 Å². The molecule has 0 aliphatic rings. The number of pyridine rings is 1. The summed E-state index contributed by atoms with van der Waals surface area (Å²) in [5.74, 6) is 0.341. The fraction of sp³-hybridized carbons (Fsp3) is 0.0833. The molecule has 0 aliphatic carbocycles. The van der Waals surface area contributed by atoms with Crippen LogP contribution in [0, 0.1) is 5.82 Å². The zero-order valence-electron chi connectivity index (χ0n) is 9.68. The lowest BCUT2D eigenvalue weighted by molar-refractivity contribution is 0.462. The van der Waals surface area contributed by atoms with Crippen molar-refractivity contribution < 1.29 is 9.13 Å². The quantitative estimate of drug-likeness (QED) is 0.862. The van der Waals surface area contributed by atoms with Crippen molar-refractivity contribution in [2.45, 2.75) is 0 Å². The van der Waals surface area contributed by atoms with Crippen molar-refractivity contribution in [2.24, 2.45) is 0 Å². The van der Waals surface area contributed by atoms with Crippen LogP contribution in [0.1, 0.15) is 0 Å². The SMILES string of the molecule is CNc1nc(Oc2ccc(F)cc2Cl)c(Cl)cc1Cl. The Morgan fingerprint density at radius 1 is 1.11 bits per heavy atom. The van der Waals surface area contributed by atoms with Crippen molar-refractivity contribution in [1.82, 2.24) is 4.98 Å². The Hall–Kier alpha value is -1.23. The molecule has 3 nitrogen and oxygen atoms in total. The number of ether oxygens (including phenoxy) is 1. The second-order valence-electron chi connectivity index (χ2n) is 3.53. The molecule has 0 spiro atoms. The van der Waals surface area contributed by atoms with Crippen LogP contribution in [0.4, 0.5) is 10.2 Å². The minimum absolute atomic E-state index is 0.124. The van der Waals surface area contributed by atoms with Crippen LogP contribution in [0.15, 0.2) is 24.3 Å². The summed E-state index contributed by atoms with van der Waals surface area (Å²) in [4.78, 5) is 4.10. The molecule has 1 N–H and O–H groups in total. The van der Waals surface area contributed by atoms with Gasteiger partial charge in [-0.15, -0.1) is 0 Å². The highest BCUT2D eigenvalue weighted by Crippen LogP contribution is 2.35. The van der Waals surface area contributed by atoms with E-state index in [1.165, 1.54) is 18.2 Å². The van der Waals surface area contributed by atoms with Crippen LogP contribution in [0.2, 0.25) is 15.1 Å². The summed E-state index contributed by atoms with van der Waals surface area (Å²) in [7, 11) is 1.66. The molecule has 0 saturated heterocycles. The van der Waals surface area contributed by atoms with E-state index >= 15 is 0 Å². The van der Waals surface area contributed by atoms with Gasteiger partial charge in [-0.05, 0) is 24.3 Å². The fourth-order valence-electron chi connectivity index (χ4n) is 1.36. The maximum atomic E-state index is 12.9. The molecule has 0 aliphatic heterocycles. The van der Waals surface area contributed by atoms with E-state index in [4.69, 9.17) is 39.5 Å². The molecule has 19 heavy (non-hydrogen) atoms. The first kappa shape index (κ1) is 14.2. The summed E-state index contributed by atoms with van der Waals surface area (Å²) < 4.78 is 18.4. The minimum Gasteiger partial charge on any atom is -0.436 e. The molecule has 1 aromatic carbocycles. The Kier molecular flexibility index (Phi) is 4.34. The summed E-state index contributed by atoms with van der Waals surface area (Å²) in [6.45, 7) is 0. The Morgan fingerprint density at radius 2 is 1.84 bits per heavy atom. The van der Waals surface area contributed by atoms with Crippen LogP contribution in [-0.2, 0) is 0 Å². The molecular weight excluding hydrogens is 314 g/mol. The normalized spacial score (nSPS) is 10.4. The van der Waals surface area contributed by atoms with Gasteiger partial charge in [0.1, 0.15) is 22.4 Å². The average Bonchev–Trinajstić information content (AvgIpc) is 2.35. The molecule has 2 rings (SSSR count). The van der Waals surface area contributed by atoms with Gasteiger partial charge in [-0.25, -0.2) is 4.39 Å². The number of rotatable bonds is 3. The predicted molar refractivity (Wildman–Crippen MR) is 75.3 cm³/mol. The van der Waals surface area contributed by atoms with Crippen molar-refractivity contribution in [3.8, 4) is 11.6 Å². The van der Waals surface area contributed by atoms with Gasteiger partial charge in [-0.1, -0.05) is 34.8 Å². The average molecular weight is 322 g/mol. The second-order valence-corrected chi connectivity index (χ2v) is 4.75. The first-order valence-corrected chi connectivity index (χ1v) is 6.31. The number of hydrogen-bond acceptors (Lipinski definition) is 3. The topological polar surface area (TPSA) is 34.2 Å². The molecule has 1 heterocycles. The van der Waals surface area contributed by atoms with E-state index in [9.17, 15) is 4.39 Å². The van der Waals surface area contributed by atoms with Crippen LogP contribution in [0.25, 0.3) is 0 Å². The largest absolute Gasteiger partial charge is 0.436 e. The van der Waals surface area contributed by atoms with Gasteiger partial charge in [0.05, 0.1) is 10.0 Å². The highest BCUT2D eigenvalue weighted by Gasteiger charge is 2.12. The molecule has 0 radical (unpaired) electrons. The summed E-state index contributed by atoms with van der Waals surface area (Å²) in [5.41, 5.74) is 0. The monoisotopic (exact) mass is 320 g/mol. The van der Waals surface area contributed by atoms with Crippen molar-refractivity contribution in [2.75, 3.05) is 12.4 Å². The number of anilines is 1. The van der Waals surface area contributed by atoms with E-state index in [2.05, 4.69) is 10.3 Å². The smallest absolute Gasteiger partial charge is 0.240 e. The van der Waals surface area contributed by atoms with E-state index in [-0.39, 0.29) is 21.7 Å². The molecule has 1 aromatic heterocycles. The van der Waals surface area contributed by atoms with Crippen LogP contribution in [0.3, 0.4) is 0 Å². The fourth-order valence-corrected chi connectivity index (χ4v) is 2.06. The Bertz CT molecular complexity index is 622. The van der Waals surface area contributed by atoms with Crippen molar-refractivity contribution >= 4 is 40.6 Å². The summed E-state index contributed by atoms with van der Waals surface area (Å²) in [6.07, 6.45) is 0. The number of hydrogen-bond donors (Lipinski definition) is 1. The van der Waals surface area contributed by atoms with Crippen LogP contribution in [0.5, 0.6) is 11.6 Å². The third-order valence-corrected chi connectivity index (χ3v) is 3.09. The van der Waals surface area contributed by atoms with Gasteiger partial charge in [-0.2, -0.15) is 4.98 Å². The van der Waals surface area contributed by atoms with E-state index in [0.717, 1.165) is 6.07 Å². The molecule has 0 bridgehead atoms. The highest BCUT2D eigenvalue weighted by molar-refractivity contribution is 6.36. The number of nitrogens with zero attached hydrogens (tertiary/aromatic N) is 1. The summed E-state index contributed by atoms with van der Waals surface area (Å²) in [5, 5.41) is 3.51. The van der Waals surface area contributed by atoms with Gasteiger partial charge in [0, 0.05) is 7.05 Å². The predicted octanol–water partition coefficient (Wildman–Crippen LogP) is 5.01. The van der Waals surface area contributed by atoms with Crippen molar-refractivity contribution in [3.05, 3.63) is 45.2 Å². The van der Waals surface area contributed by atoms with Crippen molar-refractivity contribution in [1.29, 1.82) is 0 Å². The molecule has 0 unspecified atom stereocenters. The maximum absolute atomic E-state index is 12.9.